The third-order valence-corrected chi connectivity index (χ3v) is 3.22. The largest absolute Gasteiger partial charge is 0.378 e. The van der Waals surface area contributed by atoms with Crippen molar-refractivity contribution in [1.82, 2.24) is 5.32 Å². The van der Waals surface area contributed by atoms with Gasteiger partial charge in [0.05, 0.1) is 12.0 Å². The summed E-state index contributed by atoms with van der Waals surface area (Å²) in [5.41, 5.74) is 2.46. The van der Waals surface area contributed by atoms with Gasteiger partial charge in [-0.1, -0.05) is 12.1 Å². The van der Waals surface area contributed by atoms with Crippen LogP contribution in [0.1, 0.15) is 11.5 Å². The highest BCUT2D eigenvalue weighted by Gasteiger charge is 2.27. The maximum Gasteiger partial charge on any atom is 0.0676 e. The van der Waals surface area contributed by atoms with Crippen LogP contribution in [0, 0.1) is 17.2 Å². The van der Waals surface area contributed by atoms with Gasteiger partial charge in [0.1, 0.15) is 0 Å². The molecule has 2 rings (SSSR count). The number of benzene rings is 1. The highest BCUT2D eigenvalue weighted by molar-refractivity contribution is 5.47. The molecule has 1 N–H and O–H groups in total. The highest BCUT2D eigenvalue weighted by Crippen LogP contribution is 2.28. The van der Waals surface area contributed by atoms with E-state index in [9.17, 15) is 0 Å². The van der Waals surface area contributed by atoms with Crippen molar-refractivity contribution in [2.75, 3.05) is 32.1 Å². The van der Waals surface area contributed by atoms with Crippen LogP contribution in [0.25, 0.3) is 0 Å². The van der Waals surface area contributed by atoms with Crippen LogP contribution in [0.3, 0.4) is 0 Å². The third-order valence-electron chi connectivity index (χ3n) is 3.22. The summed E-state index contributed by atoms with van der Waals surface area (Å²) in [7, 11) is 4.06. The van der Waals surface area contributed by atoms with Crippen molar-refractivity contribution in [3.63, 3.8) is 0 Å². The Hall–Kier alpha value is -1.53. The number of nitrogens with zero attached hydrogens (tertiary/aromatic N) is 2. The van der Waals surface area contributed by atoms with E-state index < -0.39 is 0 Å². The average molecular weight is 215 g/mol. The molecule has 0 aliphatic carbocycles. The van der Waals surface area contributed by atoms with Gasteiger partial charge in [0.2, 0.25) is 0 Å². The first-order valence-electron chi connectivity index (χ1n) is 5.60. The molecule has 0 bridgehead atoms. The molecule has 0 amide bonds. The van der Waals surface area contributed by atoms with Gasteiger partial charge < -0.3 is 10.2 Å². The molecular formula is C13H17N3. The summed E-state index contributed by atoms with van der Waals surface area (Å²) in [5.74, 6) is 0.464. The minimum Gasteiger partial charge on any atom is -0.378 e. The lowest BCUT2D eigenvalue weighted by molar-refractivity contribution is 0.646. The van der Waals surface area contributed by atoms with Crippen molar-refractivity contribution >= 4 is 5.69 Å². The van der Waals surface area contributed by atoms with Gasteiger partial charge in [-0.3, -0.25) is 0 Å². The molecule has 0 spiro atoms. The molecule has 16 heavy (non-hydrogen) atoms. The van der Waals surface area contributed by atoms with Gasteiger partial charge in [-0.05, 0) is 17.7 Å². The Kier molecular flexibility index (Phi) is 3.12. The van der Waals surface area contributed by atoms with Crippen LogP contribution in [-0.4, -0.2) is 27.2 Å². The quantitative estimate of drug-likeness (QED) is 0.814. The van der Waals surface area contributed by atoms with Crippen LogP contribution in [0.2, 0.25) is 0 Å². The second kappa shape index (κ2) is 4.54. The minimum absolute atomic E-state index is 0.116. The topological polar surface area (TPSA) is 39.1 Å². The first kappa shape index (κ1) is 11.0. The zero-order valence-electron chi connectivity index (χ0n) is 9.77. The van der Waals surface area contributed by atoms with E-state index in [0.29, 0.717) is 5.92 Å². The number of nitriles is 1. The monoisotopic (exact) mass is 215 g/mol. The molecule has 84 valence electrons. The predicted molar refractivity (Wildman–Crippen MR) is 65.5 cm³/mol. The lowest BCUT2D eigenvalue weighted by Gasteiger charge is -2.16. The van der Waals surface area contributed by atoms with Gasteiger partial charge in [-0.2, -0.15) is 5.26 Å². The molecule has 0 radical (unpaired) electrons. The average Bonchev–Trinajstić information content (AvgIpc) is 2.77. The number of nitrogens with one attached hydrogen (secondary N) is 1. The maximum atomic E-state index is 9.04. The van der Waals surface area contributed by atoms with E-state index in [2.05, 4.69) is 40.6 Å². The van der Waals surface area contributed by atoms with Crippen molar-refractivity contribution in [3.05, 3.63) is 29.8 Å². The molecule has 0 saturated carbocycles. The van der Waals surface area contributed by atoms with Crippen LogP contribution < -0.4 is 10.2 Å². The first-order chi connectivity index (χ1) is 7.72. The number of hydrogen-bond donors (Lipinski definition) is 1. The summed E-state index contributed by atoms with van der Waals surface area (Å²) in [6, 6.07) is 10.9. The van der Waals surface area contributed by atoms with Crippen LogP contribution in [0.15, 0.2) is 24.3 Å². The molecule has 0 unspecified atom stereocenters. The third kappa shape index (κ3) is 2.02. The van der Waals surface area contributed by atoms with Crippen LogP contribution in [0.5, 0.6) is 0 Å². The lowest BCUT2D eigenvalue weighted by Crippen LogP contribution is -2.11. The Bertz CT molecular complexity index is 389. The fourth-order valence-electron chi connectivity index (χ4n) is 2.18. The van der Waals surface area contributed by atoms with E-state index in [1.807, 2.05) is 14.1 Å². The smallest absolute Gasteiger partial charge is 0.0676 e. The van der Waals surface area contributed by atoms with Crippen molar-refractivity contribution in [2.24, 2.45) is 5.92 Å². The predicted octanol–water partition coefficient (Wildman–Crippen LogP) is 1.58. The molecule has 1 aromatic carbocycles. The standard InChI is InChI=1S/C13H17N3/c1-16(2)12-5-3-10(4-6-12)13-9-15-8-11(13)7-14/h3-6,11,13,15H,8-9H2,1-2H3/t11-,13-/m1/s1. The van der Waals surface area contributed by atoms with Gasteiger partial charge in [-0.15, -0.1) is 0 Å². The molecular weight excluding hydrogens is 198 g/mol. The zero-order chi connectivity index (χ0) is 11.5. The Balaban J connectivity index is 2.19. The molecule has 1 fully saturated rings. The van der Waals surface area contributed by atoms with Gasteiger partial charge in [0, 0.05) is 38.8 Å². The number of hydrogen-bond acceptors (Lipinski definition) is 3. The van der Waals surface area contributed by atoms with Gasteiger partial charge >= 0.3 is 0 Å². The van der Waals surface area contributed by atoms with E-state index in [1.165, 1.54) is 11.3 Å². The SMILES string of the molecule is CN(C)c1ccc([C@H]2CNC[C@H]2C#N)cc1. The lowest BCUT2D eigenvalue weighted by atomic mass is 9.90. The van der Waals surface area contributed by atoms with E-state index in [4.69, 9.17) is 5.26 Å². The summed E-state index contributed by atoms with van der Waals surface area (Å²) in [4.78, 5) is 2.08. The molecule has 1 aromatic rings. The summed E-state index contributed by atoms with van der Waals surface area (Å²) >= 11 is 0. The fraction of sp³-hybridized carbons (Fsp3) is 0.462. The normalized spacial score (nSPS) is 24.1. The number of rotatable bonds is 2. The zero-order valence-corrected chi connectivity index (χ0v) is 9.77. The van der Waals surface area contributed by atoms with Gasteiger partial charge in [0.25, 0.3) is 0 Å². The Labute approximate surface area is 96.7 Å². The van der Waals surface area contributed by atoms with E-state index in [-0.39, 0.29) is 5.92 Å². The second-order valence-corrected chi connectivity index (χ2v) is 4.49. The Morgan fingerprint density at radius 1 is 1.25 bits per heavy atom. The first-order valence-corrected chi connectivity index (χ1v) is 5.60. The fourth-order valence-corrected chi connectivity index (χ4v) is 2.18. The summed E-state index contributed by atoms with van der Waals surface area (Å²) in [5, 5.41) is 12.3. The molecule has 1 aliphatic rings. The van der Waals surface area contributed by atoms with E-state index in [0.717, 1.165) is 13.1 Å². The summed E-state index contributed by atoms with van der Waals surface area (Å²) in [6.45, 7) is 1.73. The molecule has 1 heterocycles. The van der Waals surface area contributed by atoms with Crippen molar-refractivity contribution in [2.45, 2.75) is 5.92 Å². The van der Waals surface area contributed by atoms with Crippen molar-refractivity contribution in [1.29, 1.82) is 5.26 Å². The molecule has 3 heteroatoms. The molecule has 1 saturated heterocycles. The molecule has 1 aliphatic heterocycles. The second-order valence-electron chi connectivity index (χ2n) is 4.49. The summed E-state index contributed by atoms with van der Waals surface area (Å²) < 4.78 is 0. The minimum atomic E-state index is 0.116. The van der Waals surface area contributed by atoms with Crippen LogP contribution >= 0.6 is 0 Å². The van der Waals surface area contributed by atoms with Crippen molar-refractivity contribution in [3.8, 4) is 6.07 Å². The van der Waals surface area contributed by atoms with Crippen LogP contribution in [0.4, 0.5) is 5.69 Å². The van der Waals surface area contributed by atoms with Gasteiger partial charge in [-0.25, -0.2) is 0 Å². The summed E-state index contributed by atoms with van der Waals surface area (Å²) in [6.07, 6.45) is 0. The Morgan fingerprint density at radius 3 is 2.50 bits per heavy atom. The molecule has 0 aromatic heterocycles. The van der Waals surface area contributed by atoms with E-state index in [1.54, 1.807) is 0 Å². The van der Waals surface area contributed by atoms with E-state index >= 15 is 0 Å². The van der Waals surface area contributed by atoms with Gasteiger partial charge in [0.15, 0.2) is 0 Å². The Morgan fingerprint density at radius 2 is 1.94 bits per heavy atom. The highest BCUT2D eigenvalue weighted by atomic mass is 15.1. The molecule has 2 atom stereocenters. The number of anilines is 1. The van der Waals surface area contributed by atoms with Crippen molar-refractivity contribution < 1.29 is 0 Å². The van der Waals surface area contributed by atoms with Crippen LogP contribution in [-0.2, 0) is 0 Å². The molecule has 3 nitrogen and oxygen atoms in total. The maximum absolute atomic E-state index is 9.04.